The van der Waals surface area contributed by atoms with Gasteiger partial charge in [0.25, 0.3) is 0 Å². The van der Waals surface area contributed by atoms with Crippen molar-refractivity contribution in [2.45, 2.75) is 25.3 Å². The summed E-state index contributed by atoms with van der Waals surface area (Å²) in [6.07, 6.45) is 5.53. The summed E-state index contributed by atoms with van der Waals surface area (Å²) in [6.45, 7) is 2.20. The molecule has 0 amide bonds. The summed E-state index contributed by atoms with van der Waals surface area (Å²) >= 11 is 0. The fourth-order valence-corrected chi connectivity index (χ4v) is 3.75. The zero-order chi connectivity index (χ0) is 13.5. The first-order valence-electron chi connectivity index (χ1n) is 7.52. The van der Waals surface area contributed by atoms with Crippen molar-refractivity contribution < 1.29 is 0 Å². The van der Waals surface area contributed by atoms with E-state index in [0.717, 1.165) is 41.8 Å². The second-order valence-electron chi connectivity index (χ2n) is 6.22. The van der Waals surface area contributed by atoms with Crippen molar-refractivity contribution in [2.75, 3.05) is 18.0 Å². The van der Waals surface area contributed by atoms with Gasteiger partial charge in [-0.15, -0.1) is 0 Å². The topological polar surface area (TPSA) is 55.0 Å². The second-order valence-corrected chi connectivity index (χ2v) is 6.22. The van der Waals surface area contributed by atoms with E-state index in [1.54, 1.807) is 0 Å². The molecule has 2 aliphatic rings. The Bertz CT molecular complexity index is 627. The van der Waals surface area contributed by atoms with Crippen molar-refractivity contribution in [3.8, 4) is 0 Å². The molecule has 2 N–H and O–H groups in total. The lowest BCUT2D eigenvalue weighted by Gasteiger charge is -2.27. The first-order valence-corrected chi connectivity index (χ1v) is 7.52. The number of rotatable bonds is 1. The number of aromatic nitrogens is 2. The van der Waals surface area contributed by atoms with Gasteiger partial charge in [-0.3, -0.25) is 4.98 Å². The predicted molar refractivity (Wildman–Crippen MR) is 80.6 cm³/mol. The predicted octanol–water partition coefficient (Wildman–Crippen LogP) is 2.19. The monoisotopic (exact) mass is 268 g/mol. The number of hydrogen-bond donors (Lipinski definition) is 1. The molecule has 2 aromatic rings. The number of anilines is 1. The van der Waals surface area contributed by atoms with Crippen LogP contribution in [0.25, 0.3) is 11.0 Å². The lowest BCUT2D eigenvalue weighted by atomic mass is 9.79. The quantitative estimate of drug-likeness (QED) is 0.861. The molecule has 1 saturated heterocycles. The van der Waals surface area contributed by atoms with E-state index in [0.29, 0.717) is 6.04 Å². The summed E-state index contributed by atoms with van der Waals surface area (Å²) in [5.41, 5.74) is 8.05. The number of fused-ring (bicyclic) bond motifs is 2. The van der Waals surface area contributed by atoms with Crippen LogP contribution in [0.1, 0.15) is 19.3 Å². The minimum absolute atomic E-state index is 0.402. The van der Waals surface area contributed by atoms with Crippen LogP contribution in [0.2, 0.25) is 0 Å². The van der Waals surface area contributed by atoms with Gasteiger partial charge >= 0.3 is 0 Å². The van der Waals surface area contributed by atoms with Crippen molar-refractivity contribution >= 4 is 16.9 Å². The Morgan fingerprint density at radius 3 is 2.75 bits per heavy atom. The normalized spacial score (nSPS) is 29.6. The Balaban J connectivity index is 1.60. The first kappa shape index (κ1) is 12.1. The molecule has 2 heterocycles. The molecule has 4 nitrogen and oxygen atoms in total. The highest BCUT2D eigenvalue weighted by atomic mass is 15.2. The third-order valence-electron chi connectivity index (χ3n) is 4.85. The molecule has 4 heteroatoms. The van der Waals surface area contributed by atoms with E-state index in [4.69, 9.17) is 10.7 Å². The molecule has 4 rings (SSSR count). The molecule has 0 radical (unpaired) electrons. The average Bonchev–Trinajstić information content (AvgIpc) is 2.89. The van der Waals surface area contributed by atoms with Crippen molar-refractivity contribution in [2.24, 2.45) is 17.6 Å². The fourth-order valence-electron chi connectivity index (χ4n) is 3.75. The summed E-state index contributed by atoms with van der Waals surface area (Å²) in [6, 6.07) is 8.46. The molecular weight excluding hydrogens is 248 g/mol. The fraction of sp³-hybridized carbons (Fsp3) is 0.500. The molecule has 1 aliphatic carbocycles. The number of nitrogens with two attached hydrogens (primary N) is 1. The van der Waals surface area contributed by atoms with Crippen LogP contribution in [0.4, 0.5) is 5.82 Å². The Kier molecular flexibility index (Phi) is 2.84. The Hall–Kier alpha value is -1.68. The lowest BCUT2D eigenvalue weighted by molar-refractivity contribution is 0.271. The molecule has 1 saturated carbocycles. The highest BCUT2D eigenvalue weighted by Crippen LogP contribution is 2.37. The van der Waals surface area contributed by atoms with E-state index in [9.17, 15) is 0 Å². The SMILES string of the molecule is NC1CC[C@@H]2CN(c3cnc4ccccc4n3)C[C@@H]2C1. The Morgan fingerprint density at radius 1 is 1.05 bits per heavy atom. The van der Waals surface area contributed by atoms with Crippen LogP contribution >= 0.6 is 0 Å². The van der Waals surface area contributed by atoms with Gasteiger partial charge in [0.05, 0.1) is 17.2 Å². The van der Waals surface area contributed by atoms with Crippen molar-refractivity contribution in [3.05, 3.63) is 30.5 Å². The van der Waals surface area contributed by atoms with Crippen LogP contribution in [-0.4, -0.2) is 29.1 Å². The molecule has 20 heavy (non-hydrogen) atoms. The zero-order valence-electron chi connectivity index (χ0n) is 11.6. The van der Waals surface area contributed by atoms with Crippen LogP contribution in [0.5, 0.6) is 0 Å². The number of hydrogen-bond acceptors (Lipinski definition) is 4. The number of benzene rings is 1. The molecule has 1 unspecified atom stereocenters. The summed E-state index contributed by atoms with van der Waals surface area (Å²) in [7, 11) is 0. The molecule has 0 spiro atoms. The van der Waals surface area contributed by atoms with Crippen molar-refractivity contribution in [1.29, 1.82) is 0 Å². The molecule has 1 aromatic heterocycles. The van der Waals surface area contributed by atoms with Gasteiger partial charge in [-0.2, -0.15) is 0 Å². The zero-order valence-corrected chi connectivity index (χ0v) is 11.6. The van der Waals surface area contributed by atoms with Crippen LogP contribution in [0.15, 0.2) is 30.5 Å². The minimum Gasteiger partial charge on any atom is -0.355 e. The van der Waals surface area contributed by atoms with E-state index in [1.807, 2.05) is 30.5 Å². The van der Waals surface area contributed by atoms with Gasteiger partial charge in [0.2, 0.25) is 0 Å². The Labute approximate surface area is 119 Å². The van der Waals surface area contributed by atoms with Crippen molar-refractivity contribution in [3.63, 3.8) is 0 Å². The molecular formula is C16H20N4. The van der Waals surface area contributed by atoms with E-state index in [-0.39, 0.29) is 0 Å². The van der Waals surface area contributed by atoms with Crippen LogP contribution in [0, 0.1) is 11.8 Å². The average molecular weight is 268 g/mol. The van der Waals surface area contributed by atoms with E-state index >= 15 is 0 Å². The maximum Gasteiger partial charge on any atom is 0.147 e. The highest BCUT2D eigenvalue weighted by Gasteiger charge is 2.37. The lowest BCUT2D eigenvalue weighted by Crippen LogP contribution is -2.32. The van der Waals surface area contributed by atoms with Crippen LogP contribution in [0.3, 0.4) is 0 Å². The third kappa shape index (κ3) is 2.04. The standard InChI is InChI=1S/C16H20N4/c17-13-6-5-11-9-20(10-12(11)7-13)16-8-18-14-3-1-2-4-15(14)19-16/h1-4,8,11-13H,5-7,9-10,17H2/t11-,12+,13?/m1/s1. The van der Waals surface area contributed by atoms with Gasteiger partial charge in [0.15, 0.2) is 0 Å². The molecule has 1 aliphatic heterocycles. The van der Waals surface area contributed by atoms with Crippen molar-refractivity contribution in [1.82, 2.24) is 9.97 Å². The van der Waals surface area contributed by atoms with E-state index in [1.165, 1.54) is 19.3 Å². The summed E-state index contributed by atoms with van der Waals surface area (Å²) in [5, 5.41) is 0. The van der Waals surface area contributed by atoms with Gasteiger partial charge in [-0.1, -0.05) is 12.1 Å². The molecule has 1 aromatic carbocycles. The summed E-state index contributed by atoms with van der Waals surface area (Å²) in [4.78, 5) is 11.7. The van der Waals surface area contributed by atoms with E-state index in [2.05, 4.69) is 9.88 Å². The summed E-state index contributed by atoms with van der Waals surface area (Å²) in [5.74, 6) is 2.56. The van der Waals surface area contributed by atoms with Gasteiger partial charge in [0.1, 0.15) is 5.82 Å². The largest absolute Gasteiger partial charge is 0.355 e. The van der Waals surface area contributed by atoms with E-state index < -0.39 is 0 Å². The number of nitrogens with zero attached hydrogens (tertiary/aromatic N) is 3. The van der Waals surface area contributed by atoms with Crippen LogP contribution in [-0.2, 0) is 0 Å². The smallest absolute Gasteiger partial charge is 0.147 e. The third-order valence-corrected chi connectivity index (χ3v) is 4.85. The van der Waals surface area contributed by atoms with Gasteiger partial charge in [-0.05, 0) is 43.2 Å². The highest BCUT2D eigenvalue weighted by molar-refractivity contribution is 5.75. The minimum atomic E-state index is 0.402. The Morgan fingerprint density at radius 2 is 1.85 bits per heavy atom. The van der Waals surface area contributed by atoms with Gasteiger partial charge in [0, 0.05) is 19.1 Å². The van der Waals surface area contributed by atoms with Gasteiger partial charge in [-0.25, -0.2) is 4.98 Å². The number of para-hydroxylation sites is 2. The molecule has 2 fully saturated rings. The van der Waals surface area contributed by atoms with Crippen LogP contribution < -0.4 is 10.6 Å². The van der Waals surface area contributed by atoms with Gasteiger partial charge < -0.3 is 10.6 Å². The maximum atomic E-state index is 6.10. The molecule has 3 atom stereocenters. The first-order chi connectivity index (χ1) is 9.79. The summed E-state index contributed by atoms with van der Waals surface area (Å²) < 4.78 is 0. The molecule has 104 valence electrons. The second kappa shape index (κ2) is 4.70. The maximum absolute atomic E-state index is 6.10. The molecule has 0 bridgehead atoms.